The van der Waals surface area contributed by atoms with Crippen molar-refractivity contribution < 1.29 is 24.2 Å². The van der Waals surface area contributed by atoms with Crippen LogP contribution >= 0.6 is 0 Å². The lowest BCUT2D eigenvalue weighted by atomic mass is 9.97. The molecule has 3 N–H and O–H groups in total. The van der Waals surface area contributed by atoms with Gasteiger partial charge in [0.15, 0.2) is 0 Å². The first-order valence-electron chi connectivity index (χ1n) is 13.8. The molecule has 3 rings (SSSR count). The van der Waals surface area contributed by atoms with Gasteiger partial charge in [-0.25, -0.2) is 4.79 Å². The molecular formula is C33H41N3O5. The second-order valence-corrected chi connectivity index (χ2v) is 11.2. The summed E-state index contributed by atoms with van der Waals surface area (Å²) in [6.07, 6.45) is -0.595. The third-order valence-corrected chi connectivity index (χ3v) is 6.42. The average Bonchev–Trinajstić information content (AvgIpc) is 2.89. The molecule has 8 nitrogen and oxygen atoms in total. The normalized spacial score (nSPS) is 12.6. The van der Waals surface area contributed by atoms with Crippen LogP contribution in [0.25, 0.3) is 0 Å². The number of carbonyl (C=O) groups excluding carboxylic acids is 3. The Bertz CT molecular complexity index is 1310. The molecule has 8 heteroatoms. The molecule has 0 aliphatic rings. The fourth-order valence-electron chi connectivity index (χ4n) is 4.71. The number of hydrogen-bond donors (Lipinski definition) is 3. The highest BCUT2D eigenvalue weighted by atomic mass is 16.6. The molecule has 3 aromatic rings. The summed E-state index contributed by atoms with van der Waals surface area (Å²) in [6, 6.07) is 19.9. The number of alkyl carbamates (subject to hydrolysis) is 1. The highest BCUT2D eigenvalue weighted by Gasteiger charge is 2.35. The van der Waals surface area contributed by atoms with E-state index in [0.29, 0.717) is 12.1 Å². The third kappa shape index (κ3) is 9.38. The zero-order valence-electron chi connectivity index (χ0n) is 24.7. The Morgan fingerprint density at radius 3 is 2.07 bits per heavy atom. The molecule has 2 atom stereocenters. The van der Waals surface area contributed by atoms with Gasteiger partial charge < -0.3 is 25.4 Å². The van der Waals surface area contributed by atoms with E-state index in [1.54, 1.807) is 32.9 Å². The second-order valence-electron chi connectivity index (χ2n) is 11.2. The number of rotatable bonds is 10. The summed E-state index contributed by atoms with van der Waals surface area (Å²) in [4.78, 5) is 42.4. The molecule has 0 saturated heterocycles. The summed E-state index contributed by atoms with van der Waals surface area (Å²) in [5.41, 5.74) is 3.52. The fourth-order valence-corrected chi connectivity index (χ4v) is 4.71. The van der Waals surface area contributed by atoms with Crippen LogP contribution in [0, 0.1) is 13.8 Å². The van der Waals surface area contributed by atoms with E-state index in [0.717, 1.165) is 22.3 Å². The Kier molecular flexibility index (Phi) is 10.5. The Morgan fingerprint density at radius 1 is 0.902 bits per heavy atom. The smallest absolute Gasteiger partial charge is 0.408 e. The van der Waals surface area contributed by atoms with Crippen LogP contribution in [0.5, 0.6) is 5.75 Å². The maximum absolute atomic E-state index is 14.2. The number of benzene rings is 3. The van der Waals surface area contributed by atoms with Crippen LogP contribution in [0.4, 0.5) is 4.79 Å². The minimum absolute atomic E-state index is 0.0943. The molecule has 3 amide bonds. The molecular weight excluding hydrogens is 518 g/mol. The fraction of sp³-hybridized carbons (Fsp3) is 0.364. The number of ether oxygens (including phenoxy) is 1. The number of amides is 3. The van der Waals surface area contributed by atoms with E-state index >= 15 is 0 Å². The number of aryl methyl sites for hydroxylation is 2. The topological polar surface area (TPSA) is 108 Å². The van der Waals surface area contributed by atoms with Crippen LogP contribution in [-0.4, -0.2) is 46.1 Å². The van der Waals surface area contributed by atoms with Crippen LogP contribution < -0.4 is 10.6 Å². The van der Waals surface area contributed by atoms with Crippen LogP contribution in [0.2, 0.25) is 0 Å². The van der Waals surface area contributed by atoms with E-state index < -0.39 is 29.7 Å². The SMILES string of the molecule is CCN(C(=O)C(Cc1ccc(O)cc1)NC(=O)OC(C)(C)C)C(C(=O)NCc1ccccc1)c1cc(C)cc(C)c1. The van der Waals surface area contributed by atoms with Crippen molar-refractivity contribution in [2.45, 2.75) is 72.2 Å². The maximum Gasteiger partial charge on any atom is 0.408 e. The Morgan fingerprint density at radius 2 is 1.51 bits per heavy atom. The highest BCUT2D eigenvalue weighted by molar-refractivity contribution is 5.92. The van der Waals surface area contributed by atoms with Gasteiger partial charge in [0.2, 0.25) is 11.8 Å². The zero-order valence-corrected chi connectivity index (χ0v) is 24.7. The van der Waals surface area contributed by atoms with Crippen LogP contribution in [0.15, 0.2) is 72.8 Å². The van der Waals surface area contributed by atoms with Gasteiger partial charge in [-0.15, -0.1) is 0 Å². The van der Waals surface area contributed by atoms with Crippen molar-refractivity contribution in [1.29, 1.82) is 0 Å². The van der Waals surface area contributed by atoms with Gasteiger partial charge in [0.25, 0.3) is 0 Å². The van der Waals surface area contributed by atoms with Crippen molar-refractivity contribution >= 4 is 17.9 Å². The van der Waals surface area contributed by atoms with Crippen LogP contribution in [0.1, 0.15) is 61.6 Å². The van der Waals surface area contributed by atoms with E-state index in [2.05, 4.69) is 10.6 Å². The van der Waals surface area contributed by atoms with Crippen molar-refractivity contribution in [3.8, 4) is 5.75 Å². The van der Waals surface area contributed by atoms with Gasteiger partial charge in [0, 0.05) is 19.5 Å². The first-order valence-corrected chi connectivity index (χ1v) is 13.8. The van der Waals surface area contributed by atoms with E-state index in [1.165, 1.54) is 17.0 Å². The summed E-state index contributed by atoms with van der Waals surface area (Å²) in [6.45, 7) is 11.5. The number of hydrogen-bond acceptors (Lipinski definition) is 5. The first-order chi connectivity index (χ1) is 19.4. The van der Waals surface area contributed by atoms with Crippen molar-refractivity contribution in [3.63, 3.8) is 0 Å². The van der Waals surface area contributed by atoms with Crippen molar-refractivity contribution in [1.82, 2.24) is 15.5 Å². The number of aromatic hydroxyl groups is 1. The number of nitrogens with one attached hydrogen (secondary N) is 2. The molecule has 0 aliphatic carbocycles. The van der Waals surface area contributed by atoms with Gasteiger partial charge in [0.1, 0.15) is 23.4 Å². The van der Waals surface area contributed by atoms with E-state index in [-0.39, 0.29) is 24.6 Å². The molecule has 0 aromatic heterocycles. The van der Waals surface area contributed by atoms with Crippen molar-refractivity contribution in [2.75, 3.05) is 6.54 Å². The zero-order chi connectivity index (χ0) is 30.2. The van der Waals surface area contributed by atoms with Gasteiger partial charge in [-0.1, -0.05) is 71.8 Å². The van der Waals surface area contributed by atoms with Crippen LogP contribution in [0.3, 0.4) is 0 Å². The lowest BCUT2D eigenvalue weighted by molar-refractivity contribution is -0.142. The van der Waals surface area contributed by atoms with Crippen molar-refractivity contribution in [3.05, 3.63) is 101 Å². The molecule has 218 valence electrons. The number of likely N-dealkylation sites (N-methyl/N-ethyl adjacent to an activating group) is 1. The Balaban J connectivity index is 1.98. The maximum atomic E-state index is 14.2. The summed E-state index contributed by atoms with van der Waals surface area (Å²) in [5, 5.41) is 15.5. The molecule has 0 fully saturated rings. The summed E-state index contributed by atoms with van der Waals surface area (Å²) in [5.74, 6) is -0.656. The standard InChI is InChI=1S/C33H41N3O5/c1-7-36(31(39)28(35-32(40)41-33(4,5)6)20-24-13-15-27(37)16-14-24)29(26-18-22(2)17-23(3)19-26)30(38)34-21-25-11-9-8-10-12-25/h8-19,28-29,37H,7,20-21H2,1-6H3,(H,34,38)(H,35,40). The third-order valence-electron chi connectivity index (χ3n) is 6.42. The van der Waals surface area contributed by atoms with E-state index in [4.69, 9.17) is 4.74 Å². The quantitative estimate of drug-likeness (QED) is 0.310. The molecule has 0 saturated carbocycles. The minimum atomic E-state index is -1.02. The molecule has 41 heavy (non-hydrogen) atoms. The van der Waals surface area contributed by atoms with Gasteiger partial charge in [0.05, 0.1) is 0 Å². The number of phenols is 1. The van der Waals surface area contributed by atoms with Gasteiger partial charge in [-0.3, -0.25) is 9.59 Å². The second kappa shape index (κ2) is 13.8. The molecule has 0 spiro atoms. The number of carbonyl (C=O) groups is 3. The Labute approximate surface area is 242 Å². The van der Waals surface area contributed by atoms with Gasteiger partial charge in [-0.2, -0.15) is 0 Å². The van der Waals surface area contributed by atoms with Crippen LogP contribution in [-0.2, 0) is 27.3 Å². The molecule has 3 aromatic carbocycles. The highest BCUT2D eigenvalue weighted by Crippen LogP contribution is 2.26. The number of phenolic OH excluding ortho intramolecular Hbond substituents is 1. The number of nitrogens with zero attached hydrogens (tertiary/aromatic N) is 1. The summed E-state index contributed by atoms with van der Waals surface area (Å²) >= 11 is 0. The van der Waals surface area contributed by atoms with Gasteiger partial charge in [-0.05, 0) is 70.4 Å². The van der Waals surface area contributed by atoms with Gasteiger partial charge >= 0.3 is 6.09 Å². The summed E-state index contributed by atoms with van der Waals surface area (Å²) in [7, 11) is 0. The largest absolute Gasteiger partial charge is 0.508 e. The average molecular weight is 560 g/mol. The molecule has 0 radical (unpaired) electrons. The molecule has 0 heterocycles. The molecule has 0 aliphatic heterocycles. The van der Waals surface area contributed by atoms with E-state index in [9.17, 15) is 19.5 Å². The predicted octanol–water partition coefficient (Wildman–Crippen LogP) is 5.35. The van der Waals surface area contributed by atoms with Crippen molar-refractivity contribution in [2.24, 2.45) is 0 Å². The summed E-state index contributed by atoms with van der Waals surface area (Å²) < 4.78 is 5.46. The monoisotopic (exact) mass is 559 g/mol. The molecule has 2 unspecified atom stereocenters. The Hall–Kier alpha value is -4.33. The van der Waals surface area contributed by atoms with E-state index in [1.807, 2.05) is 69.3 Å². The predicted molar refractivity (Wildman–Crippen MR) is 159 cm³/mol. The minimum Gasteiger partial charge on any atom is -0.508 e. The molecule has 0 bridgehead atoms. The lowest BCUT2D eigenvalue weighted by Crippen LogP contribution is -2.53. The first kappa shape index (κ1) is 31.2. The lowest BCUT2D eigenvalue weighted by Gasteiger charge is -2.34.